The second-order valence-electron chi connectivity index (χ2n) is 9.63. The van der Waals surface area contributed by atoms with Crippen molar-refractivity contribution >= 4 is 5.91 Å². The molecule has 0 radical (unpaired) electrons. The smallest absolute Gasteiger partial charge is 0.220 e. The van der Waals surface area contributed by atoms with E-state index < -0.39 is 5.60 Å². The summed E-state index contributed by atoms with van der Waals surface area (Å²) >= 11 is 0. The lowest BCUT2D eigenvalue weighted by Crippen LogP contribution is -2.56. The topological polar surface area (TPSA) is 80.0 Å². The van der Waals surface area contributed by atoms with Crippen LogP contribution in [-0.4, -0.2) is 31.4 Å². The third-order valence-electron chi connectivity index (χ3n) is 7.32. The lowest BCUT2D eigenvalue weighted by Gasteiger charge is -2.60. The SMILES string of the molecule is O=C(CC12CC3CC(CC(O)(C3)C1)C2)NCc1nnc2n1CCCCC2. The van der Waals surface area contributed by atoms with E-state index in [1.54, 1.807) is 0 Å². The molecule has 1 aromatic rings. The predicted molar refractivity (Wildman–Crippen MR) is 96.1 cm³/mol. The van der Waals surface area contributed by atoms with Gasteiger partial charge in [-0.05, 0) is 68.6 Å². The maximum Gasteiger partial charge on any atom is 0.220 e. The van der Waals surface area contributed by atoms with Crippen molar-refractivity contribution in [3.8, 4) is 0 Å². The summed E-state index contributed by atoms with van der Waals surface area (Å²) in [6.45, 7) is 1.44. The molecule has 5 aliphatic rings. The fraction of sp³-hybridized carbons (Fsp3) is 0.850. The number of aromatic nitrogens is 3. The van der Waals surface area contributed by atoms with Gasteiger partial charge in [0.25, 0.3) is 0 Å². The summed E-state index contributed by atoms with van der Waals surface area (Å²) in [4.78, 5) is 12.7. The van der Waals surface area contributed by atoms with Crippen LogP contribution in [0.4, 0.5) is 0 Å². The highest BCUT2D eigenvalue weighted by Crippen LogP contribution is 2.62. The number of nitrogens with zero attached hydrogens (tertiary/aromatic N) is 3. The molecule has 142 valence electrons. The number of nitrogens with one attached hydrogen (secondary N) is 1. The molecule has 26 heavy (non-hydrogen) atoms. The van der Waals surface area contributed by atoms with Gasteiger partial charge in [0, 0.05) is 19.4 Å². The number of hydrogen-bond donors (Lipinski definition) is 2. The van der Waals surface area contributed by atoms with Gasteiger partial charge in [-0.25, -0.2) is 0 Å². The highest BCUT2D eigenvalue weighted by atomic mass is 16.3. The molecule has 4 aliphatic carbocycles. The van der Waals surface area contributed by atoms with Crippen LogP contribution in [0.1, 0.15) is 75.9 Å². The lowest BCUT2D eigenvalue weighted by atomic mass is 9.47. The highest BCUT2D eigenvalue weighted by Gasteiger charge is 2.57. The molecule has 2 unspecified atom stereocenters. The molecule has 2 heterocycles. The quantitative estimate of drug-likeness (QED) is 0.866. The van der Waals surface area contributed by atoms with E-state index in [1.807, 2.05) is 0 Å². The van der Waals surface area contributed by atoms with Crippen LogP contribution in [-0.2, 0) is 24.3 Å². The third kappa shape index (κ3) is 2.96. The second-order valence-corrected chi connectivity index (χ2v) is 9.63. The first kappa shape index (κ1) is 16.7. The number of aryl methyl sites for hydroxylation is 1. The molecule has 1 aromatic heterocycles. The summed E-state index contributed by atoms with van der Waals surface area (Å²) < 4.78 is 2.20. The molecule has 0 spiro atoms. The van der Waals surface area contributed by atoms with Crippen LogP contribution in [0.2, 0.25) is 0 Å². The number of hydrogen-bond acceptors (Lipinski definition) is 4. The summed E-state index contributed by atoms with van der Waals surface area (Å²) in [7, 11) is 0. The molecule has 0 saturated heterocycles. The molecule has 4 fully saturated rings. The zero-order valence-corrected chi connectivity index (χ0v) is 15.5. The van der Waals surface area contributed by atoms with Gasteiger partial charge in [0.05, 0.1) is 12.1 Å². The molecule has 0 aromatic carbocycles. The van der Waals surface area contributed by atoms with E-state index in [4.69, 9.17) is 0 Å². The molecule has 2 atom stereocenters. The largest absolute Gasteiger partial charge is 0.390 e. The minimum absolute atomic E-state index is 0.0324. The van der Waals surface area contributed by atoms with Crippen LogP contribution in [0.15, 0.2) is 0 Å². The van der Waals surface area contributed by atoms with Gasteiger partial charge in [-0.15, -0.1) is 10.2 Å². The van der Waals surface area contributed by atoms with Crippen molar-refractivity contribution in [3.63, 3.8) is 0 Å². The van der Waals surface area contributed by atoms with Crippen LogP contribution in [0, 0.1) is 17.3 Å². The van der Waals surface area contributed by atoms with Crippen LogP contribution >= 0.6 is 0 Å². The Morgan fingerprint density at radius 3 is 2.73 bits per heavy atom. The molecule has 1 amide bonds. The molecule has 6 nitrogen and oxygen atoms in total. The Morgan fingerprint density at radius 1 is 1.15 bits per heavy atom. The van der Waals surface area contributed by atoms with Crippen LogP contribution in [0.3, 0.4) is 0 Å². The molecule has 4 saturated carbocycles. The molecule has 6 rings (SSSR count). The number of carbonyl (C=O) groups excluding carboxylic acids is 1. The van der Waals surface area contributed by atoms with Crippen molar-refractivity contribution in [3.05, 3.63) is 11.6 Å². The van der Waals surface area contributed by atoms with Crippen molar-refractivity contribution in [2.75, 3.05) is 0 Å². The predicted octanol–water partition coefficient (Wildman–Crippen LogP) is 2.34. The van der Waals surface area contributed by atoms with Gasteiger partial charge < -0.3 is 15.0 Å². The molecule has 6 heteroatoms. The normalized spacial score (nSPS) is 38.0. The lowest BCUT2D eigenvalue weighted by molar-refractivity contribution is -0.169. The Morgan fingerprint density at radius 2 is 1.96 bits per heavy atom. The minimum atomic E-state index is -0.491. The number of rotatable bonds is 4. The first-order chi connectivity index (χ1) is 12.5. The van der Waals surface area contributed by atoms with Gasteiger partial charge in [0.15, 0.2) is 5.82 Å². The summed E-state index contributed by atoms with van der Waals surface area (Å²) in [5.41, 5.74) is -0.459. The van der Waals surface area contributed by atoms with Crippen LogP contribution in [0.25, 0.3) is 0 Å². The standard InChI is InChI=1S/C20H30N4O2/c25-18(21-12-17-23-22-16-4-2-1-3-5-24(16)17)11-19-7-14-6-15(8-19)10-20(26,9-14)13-19/h14-15,26H,1-13H2,(H,21,25). The second kappa shape index (κ2) is 6.04. The number of carbonyl (C=O) groups is 1. The van der Waals surface area contributed by atoms with Gasteiger partial charge in [-0.3, -0.25) is 4.79 Å². The number of amides is 1. The molecule has 1 aliphatic heterocycles. The zero-order valence-electron chi connectivity index (χ0n) is 15.5. The molecule has 2 N–H and O–H groups in total. The van der Waals surface area contributed by atoms with E-state index in [0.29, 0.717) is 24.8 Å². The first-order valence-corrected chi connectivity index (χ1v) is 10.4. The van der Waals surface area contributed by atoms with Crippen molar-refractivity contribution in [1.29, 1.82) is 0 Å². The van der Waals surface area contributed by atoms with E-state index in [1.165, 1.54) is 19.3 Å². The van der Waals surface area contributed by atoms with Gasteiger partial charge in [-0.1, -0.05) is 6.42 Å². The Kier molecular flexibility index (Phi) is 3.89. The van der Waals surface area contributed by atoms with Gasteiger partial charge in [-0.2, -0.15) is 0 Å². The van der Waals surface area contributed by atoms with E-state index in [2.05, 4.69) is 20.1 Å². The fourth-order valence-corrected chi connectivity index (χ4v) is 6.87. The Labute approximate surface area is 154 Å². The average Bonchev–Trinajstić information content (AvgIpc) is 2.77. The van der Waals surface area contributed by atoms with Gasteiger partial charge in [0.2, 0.25) is 5.91 Å². The van der Waals surface area contributed by atoms with Crippen LogP contribution < -0.4 is 5.32 Å². The van der Waals surface area contributed by atoms with Crippen molar-refractivity contribution < 1.29 is 9.90 Å². The third-order valence-corrected chi connectivity index (χ3v) is 7.32. The Hall–Kier alpha value is -1.43. The summed E-state index contributed by atoms with van der Waals surface area (Å²) in [5.74, 6) is 3.32. The van der Waals surface area contributed by atoms with Gasteiger partial charge in [0.1, 0.15) is 5.82 Å². The number of aliphatic hydroxyl groups is 1. The molecular formula is C20H30N4O2. The maximum absolute atomic E-state index is 12.7. The molecular weight excluding hydrogens is 328 g/mol. The minimum Gasteiger partial charge on any atom is -0.390 e. The molecule has 4 bridgehead atoms. The first-order valence-electron chi connectivity index (χ1n) is 10.4. The van der Waals surface area contributed by atoms with Crippen molar-refractivity contribution in [2.24, 2.45) is 17.3 Å². The Balaban J connectivity index is 1.23. The summed E-state index contributed by atoms with van der Waals surface area (Å²) in [6.07, 6.45) is 11.4. The van der Waals surface area contributed by atoms with Crippen molar-refractivity contribution in [2.45, 2.75) is 89.3 Å². The highest BCUT2D eigenvalue weighted by molar-refractivity contribution is 5.76. The van der Waals surface area contributed by atoms with Crippen molar-refractivity contribution in [1.82, 2.24) is 20.1 Å². The van der Waals surface area contributed by atoms with Crippen LogP contribution in [0.5, 0.6) is 0 Å². The van der Waals surface area contributed by atoms with E-state index in [9.17, 15) is 9.90 Å². The zero-order chi connectivity index (χ0) is 17.8. The summed E-state index contributed by atoms with van der Waals surface area (Å²) in [5, 5.41) is 22.6. The average molecular weight is 358 g/mol. The number of fused-ring (bicyclic) bond motifs is 1. The summed E-state index contributed by atoms with van der Waals surface area (Å²) in [6, 6.07) is 0. The monoisotopic (exact) mass is 358 g/mol. The Bertz CT molecular complexity index is 699. The van der Waals surface area contributed by atoms with E-state index >= 15 is 0 Å². The van der Waals surface area contributed by atoms with E-state index in [-0.39, 0.29) is 11.3 Å². The fourth-order valence-electron chi connectivity index (χ4n) is 6.87. The van der Waals surface area contributed by atoms with Gasteiger partial charge >= 0.3 is 0 Å². The maximum atomic E-state index is 12.7. The van der Waals surface area contributed by atoms with E-state index in [0.717, 1.165) is 63.1 Å².